The van der Waals surface area contributed by atoms with E-state index in [9.17, 15) is 0 Å². The molecular weight excluding hydrogens is 212 g/mol. The molecule has 0 atom stereocenters. The molecule has 0 aromatic carbocycles. The molecule has 2 heterocycles. The number of nitrogens with one attached hydrogen (secondary N) is 1. The SMILES string of the molecule is CNCC#Cc1cnn2ccc(Cl)nc12. The van der Waals surface area contributed by atoms with Crippen LogP contribution in [0.25, 0.3) is 5.65 Å². The smallest absolute Gasteiger partial charge is 0.172 e. The Kier molecular flexibility index (Phi) is 2.86. The van der Waals surface area contributed by atoms with E-state index in [1.54, 1.807) is 23.0 Å². The van der Waals surface area contributed by atoms with Crippen LogP contribution in [0.15, 0.2) is 18.5 Å². The molecule has 0 radical (unpaired) electrons. The largest absolute Gasteiger partial charge is 0.309 e. The fraction of sp³-hybridized carbons (Fsp3) is 0.200. The summed E-state index contributed by atoms with van der Waals surface area (Å²) in [5.41, 5.74) is 1.47. The number of aromatic nitrogens is 3. The average Bonchev–Trinajstić information content (AvgIpc) is 2.62. The first-order chi connectivity index (χ1) is 7.31. The highest BCUT2D eigenvalue weighted by Gasteiger charge is 2.02. The van der Waals surface area contributed by atoms with Crippen LogP contribution in [0.1, 0.15) is 5.56 Å². The molecule has 0 aliphatic rings. The Morgan fingerprint density at radius 3 is 3.27 bits per heavy atom. The van der Waals surface area contributed by atoms with E-state index >= 15 is 0 Å². The van der Waals surface area contributed by atoms with Crippen molar-refractivity contribution in [2.24, 2.45) is 0 Å². The van der Waals surface area contributed by atoms with Gasteiger partial charge in [-0.25, -0.2) is 9.50 Å². The van der Waals surface area contributed by atoms with Crippen LogP contribution in [0.4, 0.5) is 0 Å². The molecule has 0 bridgehead atoms. The van der Waals surface area contributed by atoms with Gasteiger partial charge in [0.1, 0.15) is 5.15 Å². The average molecular weight is 221 g/mol. The van der Waals surface area contributed by atoms with Gasteiger partial charge < -0.3 is 5.32 Å². The summed E-state index contributed by atoms with van der Waals surface area (Å²) in [6.07, 6.45) is 3.44. The van der Waals surface area contributed by atoms with Gasteiger partial charge in [0.05, 0.1) is 18.3 Å². The van der Waals surface area contributed by atoms with Crippen molar-refractivity contribution in [3.05, 3.63) is 29.2 Å². The maximum absolute atomic E-state index is 5.80. The first kappa shape index (κ1) is 9.97. The molecule has 0 saturated heterocycles. The lowest BCUT2D eigenvalue weighted by Crippen LogP contribution is -2.04. The Morgan fingerprint density at radius 1 is 1.60 bits per heavy atom. The van der Waals surface area contributed by atoms with Crippen molar-refractivity contribution < 1.29 is 0 Å². The van der Waals surface area contributed by atoms with E-state index in [1.807, 2.05) is 7.05 Å². The van der Waals surface area contributed by atoms with Gasteiger partial charge in [-0.15, -0.1) is 0 Å². The minimum Gasteiger partial charge on any atom is -0.309 e. The van der Waals surface area contributed by atoms with E-state index in [4.69, 9.17) is 11.6 Å². The van der Waals surface area contributed by atoms with Crippen LogP contribution in [-0.4, -0.2) is 28.2 Å². The third kappa shape index (κ3) is 2.09. The highest BCUT2D eigenvalue weighted by molar-refractivity contribution is 6.29. The Hall–Kier alpha value is -1.57. The van der Waals surface area contributed by atoms with Gasteiger partial charge in [-0.1, -0.05) is 23.4 Å². The maximum atomic E-state index is 5.80. The summed E-state index contributed by atoms with van der Waals surface area (Å²) in [7, 11) is 1.85. The summed E-state index contributed by atoms with van der Waals surface area (Å²) in [5.74, 6) is 5.93. The Morgan fingerprint density at radius 2 is 2.47 bits per heavy atom. The zero-order chi connectivity index (χ0) is 10.7. The Labute approximate surface area is 92.3 Å². The first-order valence-corrected chi connectivity index (χ1v) is 4.82. The molecule has 0 saturated carbocycles. The van der Waals surface area contributed by atoms with Crippen LogP contribution >= 0.6 is 11.6 Å². The molecule has 0 aliphatic heterocycles. The zero-order valence-electron chi connectivity index (χ0n) is 8.16. The second-order valence-electron chi connectivity index (χ2n) is 2.91. The highest BCUT2D eigenvalue weighted by Crippen LogP contribution is 2.10. The third-order valence-electron chi connectivity index (χ3n) is 1.82. The minimum absolute atomic E-state index is 0.444. The van der Waals surface area contributed by atoms with Gasteiger partial charge in [0.15, 0.2) is 5.65 Å². The topological polar surface area (TPSA) is 42.2 Å². The summed E-state index contributed by atoms with van der Waals surface area (Å²) in [5, 5.41) is 7.50. The van der Waals surface area contributed by atoms with Gasteiger partial charge >= 0.3 is 0 Å². The van der Waals surface area contributed by atoms with E-state index in [2.05, 4.69) is 27.2 Å². The zero-order valence-corrected chi connectivity index (χ0v) is 8.91. The van der Waals surface area contributed by atoms with Crippen molar-refractivity contribution in [1.29, 1.82) is 0 Å². The van der Waals surface area contributed by atoms with Crippen molar-refractivity contribution in [3.8, 4) is 11.8 Å². The number of fused-ring (bicyclic) bond motifs is 1. The lowest BCUT2D eigenvalue weighted by atomic mass is 10.3. The van der Waals surface area contributed by atoms with E-state index in [-0.39, 0.29) is 0 Å². The Bertz CT molecular complexity index is 535. The molecule has 2 aromatic heterocycles. The molecule has 0 spiro atoms. The van der Waals surface area contributed by atoms with Crippen molar-refractivity contribution in [3.63, 3.8) is 0 Å². The maximum Gasteiger partial charge on any atom is 0.172 e. The van der Waals surface area contributed by atoms with Crippen LogP contribution in [0.3, 0.4) is 0 Å². The molecule has 1 N–H and O–H groups in total. The fourth-order valence-electron chi connectivity index (χ4n) is 1.16. The number of rotatable bonds is 1. The number of nitrogens with zero attached hydrogens (tertiary/aromatic N) is 3. The van der Waals surface area contributed by atoms with E-state index < -0.39 is 0 Å². The molecule has 5 heteroatoms. The fourth-order valence-corrected chi connectivity index (χ4v) is 1.30. The summed E-state index contributed by atoms with van der Waals surface area (Å²) in [6.45, 7) is 0.637. The monoisotopic (exact) mass is 220 g/mol. The van der Waals surface area contributed by atoms with Crippen LogP contribution in [0, 0.1) is 11.8 Å². The van der Waals surface area contributed by atoms with Gasteiger partial charge in [-0.3, -0.25) is 0 Å². The molecule has 4 nitrogen and oxygen atoms in total. The number of halogens is 1. The molecule has 0 fully saturated rings. The highest BCUT2D eigenvalue weighted by atomic mass is 35.5. The molecule has 15 heavy (non-hydrogen) atoms. The second-order valence-corrected chi connectivity index (χ2v) is 3.30. The molecule has 0 unspecified atom stereocenters. The summed E-state index contributed by atoms with van der Waals surface area (Å²) in [4.78, 5) is 4.16. The van der Waals surface area contributed by atoms with Crippen molar-refractivity contribution >= 4 is 17.2 Å². The van der Waals surface area contributed by atoms with E-state index in [1.165, 1.54) is 0 Å². The number of hydrogen-bond donors (Lipinski definition) is 1. The van der Waals surface area contributed by atoms with Gasteiger partial charge in [-0.05, 0) is 13.1 Å². The van der Waals surface area contributed by atoms with Gasteiger partial charge in [0.2, 0.25) is 0 Å². The van der Waals surface area contributed by atoms with Crippen molar-refractivity contribution in [2.75, 3.05) is 13.6 Å². The summed E-state index contributed by atoms with van der Waals surface area (Å²) >= 11 is 5.80. The molecule has 0 aliphatic carbocycles. The molecule has 2 rings (SSSR count). The molecule has 0 amide bonds. The van der Waals surface area contributed by atoms with Crippen LogP contribution < -0.4 is 5.32 Å². The van der Waals surface area contributed by atoms with Crippen molar-refractivity contribution in [2.45, 2.75) is 0 Å². The van der Waals surface area contributed by atoms with E-state index in [0.29, 0.717) is 17.3 Å². The van der Waals surface area contributed by atoms with Gasteiger partial charge in [0, 0.05) is 6.20 Å². The molecular formula is C10H9ClN4. The Balaban J connectivity index is 2.45. The molecule has 76 valence electrons. The second kappa shape index (κ2) is 4.30. The predicted octanol–water partition coefficient (Wildman–Crippen LogP) is 0.954. The van der Waals surface area contributed by atoms with Crippen LogP contribution in [0.2, 0.25) is 5.15 Å². The summed E-state index contributed by atoms with van der Waals surface area (Å²) < 4.78 is 1.65. The lowest BCUT2D eigenvalue weighted by molar-refractivity contribution is 0.938. The van der Waals surface area contributed by atoms with Crippen LogP contribution in [0.5, 0.6) is 0 Å². The standard InChI is InChI=1S/C10H9ClN4/c1-12-5-2-3-8-7-13-15-6-4-9(11)14-10(8)15/h4,6-7,12H,5H2,1H3. The quantitative estimate of drug-likeness (QED) is 0.575. The third-order valence-corrected chi connectivity index (χ3v) is 2.03. The van der Waals surface area contributed by atoms with E-state index in [0.717, 1.165) is 5.56 Å². The number of hydrogen-bond acceptors (Lipinski definition) is 3. The predicted molar refractivity (Wildman–Crippen MR) is 58.8 cm³/mol. The first-order valence-electron chi connectivity index (χ1n) is 4.44. The summed E-state index contributed by atoms with van der Waals surface area (Å²) in [6, 6.07) is 1.69. The lowest BCUT2D eigenvalue weighted by Gasteiger charge is -1.92. The van der Waals surface area contributed by atoms with Crippen LogP contribution in [-0.2, 0) is 0 Å². The van der Waals surface area contributed by atoms with Gasteiger partial charge in [0.25, 0.3) is 0 Å². The molecule has 2 aromatic rings. The van der Waals surface area contributed by atoms with Crippen molar-refractivity contribution in [1.82, 2.24) is 19.9 Å². The minimum atomic E-state index is 0.444. The normalized spacial score (nSPS) is 10.0. The van der Waals surface area contributed by atoms with Gasteiger partial charge in [-0.2, -0.15) is 5.10 Å².